The Kier molecular flexibility index (Phi) is 4.15. The molecule has 0 bridgehead atoms. The van der Waals surface area contributed by atoms with Crippen LogP contribution in [0, 0.1) is 6.92 Å². The van der Waals surface area contributed by atoms with Gasteiger partial charge in [0.25, 0.3) is 0 Å². The summed E-state index contributed by atoms with van der Waals surface area (Å²) in [7, 11) is 0. The van der Waals surface area contributed by atoms with Gasteiger partial charge in [0, 0.05) is 22.4 Å². The molecule has 2 rings (SSSR count). The van der Waals surface area contributed by atoms with E-state index in [2.05, 4.69) is 24.4 Å². The van der Waals surface area contributed by atoms with Crippen LogP contribution in [0.15, 0.2) is 52.0 Å². The van der Waals surface area contributed by atoms with Crippen molar-refractivity contribution in [2.45, 2.75) is 24.0 Å². The van der Waals surface area contributed by atoms with Crippen LogP contribution in [0.4, 0.5) is 5.69 Å². The SMILES string of the molecule is Cc1occc1SC(C)CNc1ccccc1. The highest BCUT2D eigenvalue weighted by molar-refractivity contribution is 8.00. The molecule has 3 heteroatoms. The predicted octanol–water partition coefficient (Wildman–Crippen LogP) is 4.18. The molecule has 1 unspecified atom stereocenters. The summed E-state index contributed by atoms with van der Waals surface area (Å²) in [6.07, 6.45) is 1.75. The number of thioether (sulfide) groups is 1. The van der Waals surface area contributed by atoms with Crippen LogP contribution in [-0.2, 0) is 0 Å². The molecule has 2 aromatic rings. The molecule has 0 aliphatic rings. The van der Waals surface area contributed by atoms with Crippen LogP contribution in [-0.4, -0.2) is 11.8 Å². The predicted molar refractivity (Wildman–Crippen MR) is 73.7 cm³/mol. The minimum atomic E-state index is 0.506. The average Bonchev–Trinajstić information content (AvgIpc) is 2.74. The van der Waals surface area contributed by atoms with E-state index in [4.69, 9.17) is 4.42 Å². The third-order valence-electron chi connectivity index (χ3n) is 2.51. The van der Waals surface area contributed by atoms with Crippen LogP contribution in [0.25, 0.3) is 0 Å². The molecular weight excluding hydrogens is 230 g/mol. The van der Waals surface area contributed by atoms with Crippen molar-refractivity contribution in [1.82, 2.24) is 0 Å². The van der Waals surface area contributed by atoms with Gasteiger partial charge in [-0.25, -0.2) is 0 Å². The Morgan fingerprint density at radius 3 is 2.65 bits per heavy atom. The van der Waals surface area contributed by atoms with Gasteiger partial charge < -0.3 is 9.73 Å². The molecular formula is C14H17NOS. The minimum Gasteiger partial charge on any atom is -0.468 e. The summed E-state index contributed by atoms with van der Waals surface area (Å²) in [6, 6.07) is 12.3. The zero-order valence-electron chi connectivity index (χ0n) is 10.1. The zero-order chi connectivity index (χ0) is 12.1. The number of anilines is 1. The molecule has 1 atom stereocenters. The smallest absolute Gasteiger partial charge is 0.114 e. The van der Waals surface area contributed by atoms with Crippen LogP contribution in [0.5, 0.6) is 0 Å². The van der Waals surface area contributed by atoms with E-state index >= 15 is 0 Å². The van der Waals surface area contributed by atoms with Crippen LogP contribution < -0.4 is 5.32 Å². The fourth-order valence-corrected chi connectivity index (χ4v) is 2.52. The Hall–Kier alpha value is -1.35. The highest BCUT2D eigenvalue weighted by atomic mass is 32.2. The average molecular weight is 247 g/mol. The summed E-state index contributed by atoms with van der Waals surface area (Å²) >= 11 is 1.84. The standard InChI is InChI=1S/C14H17NOS/c1-11(17-14-8-9-16-12(14)2)10-15-13-6-4-3-5-7-13/h3-9,11,15H,10H2,1-2H3. The van der Waals surface area contributed by atoms with Gasteiger partial charge in [-0.05, 0) is 25.1 Å². The van der Waals surface area contributed by atoms with E-state index < -0.39 is 0 Å². The second-order valence-corrected chi connectivity index (χ2v) is 5.50. The first-order chi connectivity index (χ1) is 8.25. The van der Waals surface area contributed by atoms with Crippen molar-refractivity contribution in [3.63, 3.8) is 0 Å². The molecule has 0 radical (unpaired) electrons. The minimum absolute atomic E-state index is 0.506. The largest absolute Gasteiger partial charge is 0.468 e. The molecule has 0 aliphatic heterocycles. The topological polar surface area (TPSA) is 25.2 Å². The van der Waals surface area contributed by atoms with Gasteiger partial charge in [0.15, 0.2) is 0 Å². The van der Waals surface area contributed by atoms with Crippen molar-refractivity contribution in [3.8, 4) is 0 Å². The monoisotopic (exact) mass is 247 g/mol. The summed E-state index contributed by atoms with van der Waals surface area (Å²) in [4.78, 5) is 1.23. The molecule has 0 fully saturated rings. The summed E-state index contributed by atoms with van der Waals surface area (Å²) in [5.41, 5.74) is 1.17. The number of furan rings is 1. The van der Waals surface area contributed by atoms with Crippen LogP contribution in [0.3, 0.4) is 0 Å². The molecule has 1 aromatic heterocycles. The van der Waals surface area contributed by atoms with E-state index in [9.17, 15) is 0 Å². The number of nitrogens with one attached hydrogen (secondary N) is 1. The lowest BCUT2D eigenvalue weighted by molar-refractivity contribution is 0.527. The van der Waals surface area contributed by atoms with Gasteiger partial charge >= 0.3 is 0 Å². The fraction of sp³-hybridized carbons (Fsp3) is 0.286. The van der Waals surface area contributed by atoms with E-state index in [0.717, 1.165) is 12.3 Å². The number of para-hydroxylation sites is 1. The number of aryl methyl sites for hydroxylation is 1. The van der Waals surface area contributed by atoms with Gasteiger partial charge in [-0.3, -0.25) is 0 Å². The van der Waals surface area contributed by atoms with Crippen LogP contribution >= 0.6 is 11.8 Å². The Balaban J connectivity index is 1.82. The first-order valence-corrected chi connectivity index (χ1v) is 6.63. The zero-order valence-corrected chi connectivity index (χ0v) is 11.0. The van der Waals surface area contributed by atoms with E-state index in [1.807, 2.05) is 43.0 Å². The summed E-state index contributed by atoms with van der Waals surface area (Å²) in [6.45, 7) is 5.16. The van der Waals surface area contributed by atoms with E-state index in [1.165, 1.54) is 10.6 Å². The number of hydrogen-bond acceptors (Lipinski definition) is 3. The Bertz CT molecular complexity index is 452. The Morgan fingerprint density at radius 1 is 1.24 bits per heavy atom. The van der Waals surface area contributed by atoms with Crippen molar-refractivity contribution < 1.29 is 4.42 Å². The van der Waals surface area contributed by atoms with Crippen LogP contribution in [0.2, 0.25) is 0 Å². The Labute approximate surface area is 106 Å². The third-order valence-corrected chi connectivity index (χ3v) is 3.75. The second kappa shape index (κ2) is 5.82. The normalized spacial score (nSPS) is 12.4. The summed E-state index contributed by atoms with van der Waals surface area (Å²) in [5.74, 6) is 1.00. The summed E-state index contributed by atoms with van der Waals surface area (Å²) < 4.78 is 5.29. The molecule has 90 valence electrons. The maximum Gasteiger partial charge on any atom is 0.114 e. The lowest BCUT2D eigenvalue weighted by Crippen LogP contribution is -2.12. The van der Waals surface area contributed by atoms with Gasteiger partial charge in [-0.2, -0.15) is 0 Å². The highest BCUT2D eigenvalue weighted by Gasteiger charge is 2.08. The quantitative estimate of drug-likeness (QED) is 0.802. The van der Waals surface area contributed by atoms with Gasteiger partial charge in [0.1, 0.15) is 5.76 Å². The molecule has 0 saturated heterocycles. The molecule has 1 heterocycles. The molecule has 17 heavy (non-hydrogen) atoms. The maximum atomic E-state index is 5.29. The molecule has 0 spiro atoms. The first kappa shape index (κ1) is 12.1. The lowest BCUT2D eigenvalue weighted by Gasteiger charge is -2.12. The van der Waals surface area contributed by atoms with Gasteiger partial charge in [0.05, 0.1) is 6.26 Å². The fourth-order valence-electron chi connectivity index (χ4n) is 1.57. The first-order valence-electron chi connectivity index (χ1n) is 5.75. The molecule has 0 amide bonds. The molecule has 1 N–H and O–H groups in total. The van der Waals surface area contributed by atoms with Gasteiger partial charge in [-0.15, -0.1) is 11.8 Å². The van der Waals surface area contributed by atoms with Crippen molar-refractivity contribution in [3.05, 3.63) is 48.4 Å². The molecule has 1 aromatic carbocycles. The lowest BCUT2D eigenvalue weighted by atomic mass is 10.3. The van der Waals surface area contributed by atoms with Gasteiger partial charge in [-0.1, -0.05) is 25.1 Å². The molecule has 0 aliphatic carbocycles. The van der Waals surface area contributed by atoms with Crippen molar-refractivity contribution >= 4 is 17.4 Å². The van der Waals surface area contributed by atoms with Crippen molar-refractivity contribution in [2.75, 3.05) is 11.9 Å². The van der Waals surface area contributed by atoms with E-state index in [-0.39, 0.29) is 0 Å². The number of rotatable bonds is 5. The maximum absolute atomic E-state index is 5.29. The molecule has 2 nitrogen and oxygen atoms in total. The molecule has 0 saturated carbocycles. The van der Waals surface area contributed by atoms with Crippen molar-refractivity contribution in [2.24, 2.45) is 0 Å². The second-order valence-electron chi connectivity index (χ2n) is 4.02. The Morgan fingerprint density at radius 2 is 2.00 bits per heavy atom. The third kappa shape index (κ3) is 3.56. The highest BCUT2D eigenvalue weighted by Crippen LogP contribution is 2.27. The summed E-state index contributed by atoms with van der Waals surface area (Å²) in [5, 5.41) is 3.93. The van der Waals surface area contributed by atoms with Crippen LogP contribution in [0.1, 0.15) is 12.7 Å². The number of benzene rings is 1. The van der Waals surface area contributed by atoms with E-state index in [1.54, 1.807) is 6.26 Å². The van der Waals surface area contributed by atoms with Crippen molar-refractivity contribution in [1.29, 1.82) is 0 Å². The number of hydrogen-bond donors (Lipinski definition) is 1. The van der Waals surface area contributed by atoms with Gasteiger partial charge in [0.2, 0.25) is 0 Å². The van der Waals surface area contributed by atoms with E-state index in [0.29, 0.717) is 5.25 Å².